The molecule has 3 rings (SSSR count). The quantitative estimate of drug-likeness (QED) is 0.591. The van der Waals surface area contributed by atoms with E-state index in [2.05, 4.69) is 27.2 Å². The minimum atomic E-state index is -0.230. The predicted octanol–water partition coefficient (Wildman–Crippen LogP) is 1.32. The molecule has 1 saturated heterocycles. The number of aromatic nitrogens is 3. The van der Waals surface area contributed by atoms with Crippen molar-refractivity contribution in [3.8, 4) is 5.82 Å². The molecular weight excluding hydrogens is 342 g/mol. The third kappa shape index (κ3) is 5.29. The lowest BCUT2D eigenvalue weighted by Crippen LogP contribution is -2.47. The molecule has 1 unspecified atom stereocenters. The van der Waals surface area contributed by atoms with Crippen LogP contribution in [0.2, 0.25) is 0 Å². The first kappa shape index (κ1) is 18.9. The van der Waals surface area contributed by atoms with E-state index in [0.717, 1.165) is 49.8 Å². The fraction of sp³-hybridized carbons (Fsp3) is 0.474. The van der Waals surface area contributed by atoms with Crippen molar-refractivity contribution in [1.82, 2.24) is 25.0 Å². The topological polar surface area (TPSA) is 101 Å². The summed E-state index contributed by atoms with van der Waals surface area (Å²) in [5.74, 6) is 1.72. The highest BCUT2D eigenvalue weighted by Crippen LogP contribution is 2.19. The standard InChI is InChI=1S/C19H27N7O/c1-2-21-19(25-9-3-5-16(14-25)11-17(20)27)23-13-15-6-8-22-18(12-15)26-10-4-7-24-26/h4,6-8,10,12,16H,2-3,5,9,11,13-14H2,1H3,(H2,20,27)(H,21,23). The summed E-state index contributed by atoms with van der Waals surface area (Å²) in [4.78, 5) is 22.6. The molecule has 0 saturated carbocycles. The Morgan fingerprint density at radius 2 is 2.33 bits per heavy atom. The number of carbonyl (C=O) groups excluding carboxylic acids is 1. The fourth-order valence-corrected chi connectivity index (χ4v) is 3.39. The Labute approximate surface area is 159 Å². The van der Waals surface area contributed by atoms with Gasteiger partial charge in [-0.25, -0.2) is 14.7 Å². The molecule has 27 heavy (non-hydrogen) atoms. The lowest BCUT2D eigenvalue weighted by atomic mass is 9.95. The van der Waals surface area contributed by atoms with E-state index in [-0.39, 0.29) is 5.91 Å². The van der Waals surface area contributed by atoms with E-state index in [1.807, 2.05) is 24.4 Å². The second-order valence-electron chi connectivity index (χ2n) is 6.77. The second kappa shape index (κ2) is 9.16. The lowest BCUT2D eigenvalue weighted by molar-refractivity contribution is -0.119. The van der Waals surface area contributed by atoms with Gasteiger partial charge in [-0.1, -0.05) is 0 Å². The van der Waals surface area contributed by atoms with Gasteiger partial charge in [0.05, 0.1) is 6.54 Å². The first-order chi connectivity index (χ1) is 13.2. The summed E-state index contributed by atoms with van der Waals surface area (Å²) < 4.78 is 1.73. The minimum absolute atomic E-state index is 0.230. The van der Waals surface area contributed by atoms with Crippen LogP contribution in [-0.2, 0) is 11.3 Å². The zero-order valence-electron chi connectivity index (χ0n) is 15.7. The third-order valence-corrected chi connectivity index (χ3v) is 4.60. The monoisotopic (exact) mass is 369 g/mol. The van der Waals surface area contributed by atoms with Crippen molar-refractivity contribution in [1.29, 1.82) is 0 Å². The zero-order valence-corrected chi connectivity index (χ0v) is 15.7. The van der Waals surface area contributed by atoms with Crippen LogP contribution in [0.5, 0.6) is 0 Å². The van der Waals surface area contributed by atoms with Gasteiger partial charge in [0.1, 0.15) is 0 Å². The first-order valence-electron chi connectivity index (χ1n) is 9.42. The van der Waals surface area contributed by atoms with Gasteiger partial charge in [0.2, 0.25) is 5.91 Å². The molecule has 2 aromatic rings. The number of carbonyl (C=O) groups is 1. The SMILES string of the molecule is CCNC(=NCc1ccnc(-n2cccn2)c1)N1CCCC(CC(N)=O)C1. The Morgan fingerprint density at radius 3 is 3.07 bits per heavy atom. The third-order valence-electron chi connectivity index (χ3n) is 4.60. The number of nitrogens with two attached hydrogens (primary N) is 1. The van der Waals surface area contributed by atoms with Crippen LogP contribution in [0.3, 0.4) is 0 Å². The van der Waals surface area contributed by atoms with Crippen LogP contribution in [0.4, 0.5) is 0 Å². The van der Waals surface area contributed by atoms with E-state index >= 15 is 0 Å². The van der Waals surface area contributed by atoms with E-state index in [4.69, 9.17) is 10.7 Å². The Morgan fingerprint density at radius 1 is 1.44 bits per heavy atom. The maximum atomic E-state index is 11.3. The molecule has 0 bridgehead atoms. The average molecular weight is 369 g/mol. The molecule has 0 aliphatic carbocycles. The highest BCUT2D eigenvalue weighted by molar-refractivity contribution is 5.80. The number of primary amides is 1. The summed E-state index contributed by atoms with van der Waals surface area (Å²) in [6.07, 6.45) is 7.89. The summed E-state index contributed by atoms with van der Waals surface area (Å²) in [6.45, 7) is 5.16. The lowest BCUT2D eigenvalue weighted by Gasteiger charge is -2.34. The molecule has 1 atom stereocenters. The van der Waals surface area contributed by atoms with Gasteiger partial charge in [-0.3, -0.25) is 4.79 Å². The van der Waals surface area contributed by atoms with Crippen LogP contribution >= 0.6 is 0 Å². The molecule has 3 N–H and O–H groups in total. The Kier molecular flexibility index (Phi) is 6.40. The predicted molar refractivity (Wildman–Crippen MR) is 104 cm³/mol. The van der Waals surface area contributed by atoms with Gasteiger partial charge in [0, 0.05) is 44.6 Å². The van der Waals surface area contributed by atoms with Crippen molar-refractivity contribution in [2.24, 2.45) is 16.6 Å². The molecular formula is C19H27N7O. The number of nitrogens with one attached hydrogen (secondary N) is 1. The zero-order chi connectivity index (χ0) is 19.1. The van der Waals surface area contributed by atoms with E-state index in [0.29, 0.717) is 18.9 Å². The maximum Gasteiger partial charge on any atom is 0.217 e. The Balaban J connectivity index is 1.70. The summed E-state index contributed by atoms with van der Waals surface area (Å²) in [7, 11) is 0. The van der Waals surface area contributed by atoms with Crippen molar-refractivity contribution in [3.63, 3.8) is 0 Å². The second-order valence-corrected chi connectivity index (χ2v) is 6.77. The molecule has 144 valence electrons. The van der Waals surface area contributed by atoms with Crippen molar-refractivity contribution in [2.75, 3.05) is 19.6 Å². The largest absolute Gasteiger partial charge is 0.370 e. The van der Waals surface area contributed by atoms with Crippen LogP contribution in [0.15, 0.2) is 41.8 Å². The first-order valence-corrected chi connectivity index (χ1v) is 9.42. The van der Waals surface area contributed by atoms with Gasteiger partial charge in [-0.05, 0) is 49.4 Å². The Hall–Kier alpha value is -2.90. The number of hydrogen-bond acceptors (Lipinski definition) is 4. The molecule has 2 aromatic heterocycles. The number of nitrogens with zero attached hydrogens (tertiary/aromatic N) is 5. The number of guanidine groups is 1. The number of pyridine rings is 1. The van der Waals surface area contributed by atoms with Crippen LogP contribution in [-0.4, -0.2) is 51.2 Å². The average Bonchev–Trinajstić information content (AvgIpc) is 3.20. The molecule has 1 aliphatic heterocycles. The number of aliphatic imine (C=N–C) groups is 1. The normalized spacial score (nSPS) is 17.7. The van der Waals surface area contributed by atoms with E-state index in [9.17, 15) is 4.79 Å². The molecule has 1 amide bonds. The Bertz CT molecular complexity index is 772. The molecule has 8 heteroatoms. The molecule has 1 aliphatic rings. The van der Waals surface area contributed by atoms with Gasteiger partial charge in [-0.15, -0.1) is 0 Å². The summed E-state index contributed by atoms with van der Waals surface area (Å²) in [5, 5.41) is 7.58. The van der Waals surface area contributed by atoms with E-state index in [1.54, 1.807) is 17.1 Å². The summed E-state index contributed by atoms with van der Waals surface area (Å²) in [5.41, 5.74) is 6.44. The summed E-state index contributed by atoms with van der Waals surface area (Å²) >= 11 is 0. The maximum absolute atomic E-state index is 11.3. The molecule has 0 spiro atoms. The van der Waals surface area contributed by atoms with Crippen LogP contribution in [0, 0.1) is 5.92 Å². The summed E-state index contributed by atoms with van der Waals surface area (Å²) in [6, 6.07) is 5.83. The molecule has 0 aromatic carbocycles. The van der Waals surface area contributed by atoms with Gasteiger partial charge < -0.3 is 16.0 Å². The van der Waals surface area contributed by atoms with E-state index < -0.39 is 0 Å². The molecule has 1 fully saturated rings. The van der Waals surface area contributed by atoms with Crippen molar-refractivity contribution < 1.29 is 4.79 Å². The van der Waals surface area contributed by atoms with E-state index in [1.165, 1.54) is 0 Å². The van der Waals surface area contributed by atoms with Gasteiger partial charge >= 0.3 is 0 Å². The van der Waals surface area contributed by atoms with Crippen molar-refractivity contribution in [3.05, 3.63) is 42.4 Å². The highest BCUT2D eigenvalue weighted by atomic mass is 16.1. The number of rotatable bonds is 6. The smallest absolute Gasteiger partial charge is 0.217 e. The van der Waals surface area contributed by atoms with Crippen LogP contribution in [0.25, 0.3) is 5.82 Å². The molecule has 0 radical (unpaired) electrons. The molecule has 3 heterocycles. The minimum Gasteiger partial charge on any atom is -0.370 e. The number of amides is 1. The van der Waals surface area contributed by atoms with Gasteiger partial charge in [-0.2, -0.15) is 5.10 Å². The number of piperidine rings is 1. The number of hydrogen-bond donors (Lipinski definition) is 2. The highest BCUT2D eigenvalue weighted by Gasteiger charge is 2.23. The fourth-order valence-electron chi connectivity index (χ4n) is 3.39. The van der Waals surface area contributed by atoms with Gasteiger partial charge in [0.25, 0.3) is 0 Å². The van der Waals surface area contributed by atoms with Crippen LogP contribution in [0.1, 0.15) is 31.7 Å². The van der Waals surface area contributed by atoms with Gasteiger partial charge in [0.15, 0.2) is 11.8 Å². The van der Waals surface area contributed by atoms with Crippen molar-refractivity contribution in [2.45, 2.75) is 32.7 Å². The molecule has 8 nitrogen and oxygen atoms in total. The van der Waals surface area contributed by atoms with Crippen molar-refractivity contribution >= 4 is 11.9 Å². The number of likely N-dealkylation sites (tertiary alicyclic amines) is 1. The van der Waals surface area contributed by atoms with Crippen LogP contribution < -0.4 is 11.1 Å².